The first-order chi connectivity index (χ1) is 6.81. The van der Waals surface area contributed by atoms with Gasteiger partial charge in [0.25, 0.3) is 0 Å². The first-order valence-electron chi connectivity index (χ1n) is 4.72. The zero-order valence-electron chi connectivity index (χ0n) is 8.20. The molecule has 0 heterocycles. The summed E-state index contributed by atoms with van der Waals surface area (Å²) in [6.07, 6.45) is 1.92. The molecule has 2 rings (SSSR count). The number of hydrogen-bond acceptors (Lipinski definition) is 1. The molecule has 0 bridgehead atoms. The van der Waals surface area contributed by atoms with Crippen molar-refractivity contribution in [2.24, 2.45) is 5.73 Å². The smallest absolute Gasteiger partial charge is 0.0344 e. The maximum atomic E-state index is 5.85. The Morgan fingerprint density at radius 2 is 1.79 bits per heavy atom. The number of benzene rings is 2. The van der Waals surface area contributed by atoms with Gasteiger partial charge in [-0.2, -0.15) is 0 Å². The number of nitrogens with two attached hydrogens (primary N) is 1. The summed E-state index contributed by atoms with van der Waals surface area (Å²) in [4.78, 5) is 0. The molecular weight excluding hydrogens is 170 g/mol. The highest BCUT2D eigenvalue weighted by Gasteiger charge is 1.96. The lowest BCUT2D eigenvalue weighted by Gasteiger charge is -2.03. The van der Waals surface area contributed by atoms with Crippen LogP contribution in [0.25, 0.3) is 16.5 Å². The van der Waals surface area contributed by atoms with Crippen molar-refractivity contribution in [3.63, 3.8) is 0 Å². The van der Waals surface area contributed by atoms with Crippen molar-refractivity contribution in [1.29, 1.82) is 0 Å². The lowest BCUT2D eigenvalue weighted by atomic mass is 10.1. The van der Waals surface area contributed by atoms with Crippen molar-refractivity contribution in [2.45, 2.75) is 6.92 Å². The van der Waals surface area contributed by atoms with Crippen LogP contribution in [0.3, 0.4) is 0 Å². The highest BCUT2D eigenvalue weighted by molar-refractivity contribution is 5.85. The molecule has 2 aromatic carbocycles. The maximum absolute atomic E-state index is 5.85. The molecule has 2 aromatic rings. The molecule has 0 unspecified atom stereocenters. The normalized spacial score (nSPS) is 11.9. The van der Waals surface area contributed by atoms with Gasteiger partial charge >= 0.3 is 0 Å². The van der Waals surface area contributed by atoms with E-state index < -0.39 is 0 Å². The van der Waals surface area contributed by atoms with E-state index in [1.807, 2.05) is 25.1 Å². The fourth-order valence-electron chi connectivity index (χ4n) is 1.54. The number of allylic oxidation sites excluding steroid dienone is 1. The van der Waals surface area contributed by atoms with Crippen molar-refractivity contribution in [1.82, 2.24) is 0 Å². The van der Waals surface area contributed by atoms with E-state index in [9.17, 15) is 0 Å². The summed E-state index contributed by atoms with van der Waals surface area (Å²) >= 11 is 0. The summed E-state index contributed by atoms with van der Waals surface area (Å²) in [7, 11) is 0. The summed E-state index contributed by atoms with van der Waals surface area (Å²) < 4.78 is 0. The van der Waals surface area contributed by atoms with Gasteiger partial charge in [0.1, 0.15) is 0 Å². The summed E-state index contributed by atoms with van der Waals surface area (Å²) in [5, 5.41) is 2.48. The van der Waals surface area contributed by atoms with Gasteiger partial charge in [-0.1, -0.05) is 42.5 Å². The predicted octanol–water partition coefficient (Wildman–Crippen LogP) is 3.16. The molecule has 0 aliphatic rings. The quantitative estimate of drug-likeness (QED) is 0.722. The SMILES string of the molecule is CC=C(N)c1ccc2ccccc2c1. The maximum Gasteiger partial charge on any atom is 0.0344 e. The summed E-state index contributed by atoms with van der Waals surface area (Å²) in [6, 6.07) is 14.6. The average Bonchev–Trinajstić information content (AvgIpc) is 2.27. The Balaban J connectivity index is 2.62. The van der Waals surface area contributed by atoms with Crippen molar-refractivity contribution in [2.75, 3.05) is 0 Å². The lowest BCUT2D eigenvalue weighted by molar-refractivity contribution is 1.51. The monoisotopic (exact) mass is 183 g/mol. The molecule has 0 aromatic heterocycles. The van der Waals surface area contributed by atoms with Gasteiger partial charge in [0.15, 0.2) is 0 Å². The van der Waals surface area contributed by atoms with Crippen LogP contribution in [0.15, 0.2) is 48.5 Å². The molecule has 0 aliphatic carbocycles. The van der Waals surface area contributed by atoms with E-state index in [1.165, 1.54) is 10.8 Å². The molecule has 0 saturated carbocycles. The molecule has 14 heavy (non-hydrogen) atoms. The van der Waals surface area contributed by atoms with Gasteiger partial charge in [-0.05, 0) is 29.3 Å². The molecule has 0 fully saturated rings. The molecule has 0 atom stereocenters. The van der Waals surface area contributed by atoms with Gasteiger partial charge in [0.05, 0.1) is 0 Å². The fraction of sp³-hybridized carbons (Fsp3) is 0.0769. The van der Waals surface area contributed by atoms with Gasteiger partial charge in [-0.25, -0.2) is 0 Å². The van der Waals surface area contributed by atoms with Gasteiger partial charge < -0.3 is 5.73 Å². The van der Waals surface area contributed by atoms with Crippen LogP contribution in [-0.2, 0) is 0 Å². The Kier molecular flexibility index (Phi) is 2.23. The van der Waals surface area contributed by atoms with E-state index in [0.29, 0.717) is 0 Å². The summed E-state index contributed by atoms with van der Waals surface area (Å²) in [5.74, 6) is 0. The second-order valence-corrected chi connectivity index (χ2v) is 3.31. The Morgan fingerprint density at radius 1 is 1.07 bits per heavy atom. The Hall–Kier alpha value is -1.76. The molecule has 1 nitrogen and oxygen atoms in total. The van der Waals surface area contributed by atoms with E-state index >= 15 is 0 Å². The standard InChI is InChI=1S/C13H13N/c1-2-13(14)12-8-7-10-5-3-4-6-11(10)9-12/h2-9H,14H2,1H3. The third-order valence-electron chi connectivity index (χ3n) is 2.39. The predicted molar refractivity (Wildman–Crippen MR) is 61.8 cm³/mol. The van der Waals surface area contributed by atoms with Gasteiger partial charge in [0.2, 0.25) is 0 Å². The van der Waals surface area contributed by atoms with Crippen molar-refractivity contribution in [3.05, 3.63) is 54.1 Å². The first kappa shape index (κ1) is 8.82. The third kappa shape index (κ3) is 1.49. The molecule has 0 spiro atoms. The van der Waals surface area contributed by atoms with E-state index in [2.05, 4.69) is 30.3 Å². The van der Waals surface area contributed by atoms with Crippen molar-refractivity contribution in [3.8, 4) is 0 Å². The first-order valence-corrected chi connectivity index (χ1v) is 4.72. The van der Waals surface area contributed by atoms with Crippen LogP contribution in [0.4, 0.5) is 0 Å². The molecular formula is C13H13N. The van der Waals surface area contributed by atoms with Crippen LogP contribution in [0, 0.1) is 0 Å². The van der Waals surface area contributed by atoms with Crippen LogP contribution in [0.1, 0.15) is 12.5 Å². The molecule has 0 aliphatic heterocycles. The van der Waals surface area contributed by atoms with Gasteiger partial charge in [-0.3, -0.25) is 0 Å². The highest BCUT2D eigenvalue weighted by Crippen LogP contribution is 2.18. The second-order valence-electron chi connectivity index (χ2n) is 3.31. The number of hydrogen-bond donors (Lipinski definition) is 1. The fourth-order valence-corrected chi connectivity index (χ4v) is 1.54. The number of rotatable bonds is 1. The third-order valence-corrected chi connectivity index (χ3v) is 2.39. The molecule has 0 saturated heterocycles. The molecule has 0 amide bonds. The second kappa shape index (κ2) is 3.54. The number of fused-ring (bicyclic) bond motifs is 1. The van der Waals surface area contributed by atoms with Gasteiger partial charge in [0, 0.05) is 5.70 Å². The average molecular weight is 183 g/mol. The molecule has 70 valence electrons. The zero-order chi connectivity index (χ0) is 9.97. The van der Waals surface area contributed by atoms with E-state index in [-0.39, 0.29) is 0 Å². The van der Waals surface area contributed by atoms with E-state index in [4.69, 9.17) is 5.73 Å². The minimum absolute atomic E-state index is 0.829. The molecule has 0 radical (unpaired) electrons. The van der Waals surface area contributed by atoms with Crippen LogP contribution < -0.4 is 5.73 Å². The van der Waals surface area contributed by atoms with Crippen molar-refractivity contribution >= 4 is 16.5 Å². The van der Waals surface area contributed by atoms with Crippen LogP contribution >= 0.6 is 0 Å². The highest BCUT2D eigenvalue weighted by atomic mass is 14.6. The van der Waals surface area contributed by atoms with Crippen LogP contribution in [0.2, 0.25) is 0 Å². The largest absolute Gasteiger partial charge is 0.399 e. The van der Waals surface area contributed by atoms with Crippen molar-refractivity contribution < 1.29 is 0 Å². The summed E-state index contributed by atoms with van der Waals surface area (Å²) in [6.45, 7) is 1.95. The minimum atomic E-state index is 0.829. The molecule has 2 N–H and O–H groups in total. The zero-order valence-corrected chi connectivity index (χ0v) is 8.20. The topological polar surface area (TPSA) is 26.0 Å². The van der Waals surface area contributed by atoms with Crippen LogP contribution in [0.5, 0.6) is 0 Å². The van der Waals surface area contributed by atoms with E-state index in [0.717, 1.165) is 11.3 Å². The Morgan fingerprint density at radius 3 is 2.50 bits per heavy atom. The van der Waals surface area contributed by atoms with Crippen LogP contribution in [-0.4, -0.2) is 0 Å². The molecule has 1 heteroatoms. The Bertz CT molecular complexity index is 483. The van der Waals surface area contributed by atoms with Gasteiger partial charge in [-0.15, -0.1) is 0 Å². The lowest BCUT2D eigenvalue weighted by Crippen LogP contribution is -1.94. The Labute approximate surface area is 83.9 Å². The minimum Gasteiger partial charge on any atom is -0.399 e. The summed E-state index contributed by atoms with van der Waals surface area (Å²) in [5.41, 5.74) is 7.76. The van der Waals surface area contributed by atoms with E-state index in [1.54, 1.807) is 0 Å².